The van der Waals surface area contributed by atoms with E-state index in [0.29, 0.717) is 5.56 Å². The summed E-state index contributed by atoms with van der Waals surface area (Å²) >= 11 is 0. The van der Waals surface area contributed by atoms with Crippen LogP contribution in [0, 0.1) is 11.8 Å². The predicted octanol–water partition coefficient (Wildman–Crippen LogP) is 2.90. The van der Waals surface area contributed by atoms with E-state index in [0.717, 1.165) is 17.4 Å². The van der Waals surface area contributed by atoms with E-state index >= 15 is 0 Å². The molecule has 76 valence electrons. The number of hydrogen-bond acceptors (Lipinski definition) is 1. The Morgan fingerprint density at radius 1 is 0.812 bits per heavy atom. The molecule has 1 heteroatoms. The van der Waals surface area contributed by atoms with Crippen LogP contribution >= 0.6 is 0 Å². The first-order chi connectivity index (χ1) is 7.88. The molecule has 0 N–H and O–H groups in total. The summed E-state index contributed by atoms with van der Waals surface area (Å²) in [6.07, 6.45) is 0.827. The molecule has 0 aliphatic rings. The molecule has 0 bridgehead atoms. The van der Waals surface area contributed by atoms with E-state index in [1.807, 2.05) is 42.5 Å². The summed E-state index contributed by atoms with van der Waals surface area (Å²) in [6, 6.07) is 17.0. The van der Waals surface area contributed by atoms with Gasteiger partial charge in [0.1, 0.15) is 6.29 Å². The Morgan fingerprint density at radius 2 is 1.50 bits per heavy atom. The van der Waals surface area contributed by atoms with E-state index in [1.165, 1.54) is 0 Å². The molecule has 0 atom stereocenters. The molecule has 0 spiro atoms. The third-order valence-electron chi connectivity index (χ3n) is 2.15. The third-order valence-corrected chi connectivity index (χ3v) is 2.15. The fraction of sp³-hybridized carbons (Fsp3) is 0. The van der Waals surface area contributed by atoms with Crippen molar-refractivity contribution in [2.45, 2.75) is 0 Å². The van der Waals surface area contributed by atoms with Gasteiger partial charge in [-0.05, 0) is 24.3 Å². The molecule has 16 heavy (non-hydrogen) atoms. The highest BCUT2D eigenvalue weighted by molar-refractivity contribution is 5.75. The van der Waals surface area contributed by atoms with Crippen molar-refractivity contribution in [1.29, 1.82) is 0 Å². The molecule has 0 aliphatic carbocycles. The van der Waals surface area contributed by atoms with E-state index in [1.54, 1.807) is 12.1 Å². The second-order valence-electron chi connectivity index (χ2n) is 3.36. The van der Waals surface area contributed by atoms with Crippen molar-refractivity contribution in [3.63, 3.8) is 0 Å². The lowest BCUT2D eigenvalue weighted by atomic mass is 10.1. The molecule has 0 fully saturated rings. The quantitative estimate of drug-likeness (QED) is 0.518. The summed E-state index contributed by atoms with van der Waals surface area (Å²) in [5, 5.41) is 0. The number of aldehydes is 1. The average molecular weight is 206 g/mol. The number of carbonyl (C=O) groups excluding carboxylic acids is 1. The lowest BCUT2D eigenvalue weighted by molar-refractivity contribution is 0.112. The van der Waals surface area contributed by atoms with Gasteiger partial charge in [-0.2, -0.15) is 0 Å². The van der Waals surface area contributed by atoms with E-state index in [4.69, 9.17) is 0 Å². The smallest absolute Gasteiger partial charge is 0.150 e. The van der Waals surface area contributed by atoms with Crippen LogP contribution in [0.15, 0.2) is 54.6 Å². The molecule has 0 unspecified atom stereocenters. The van der Waals surface area contributed by atoms with Crippen molar-refractivity contribution in [3.8, 4) is 11.8 Å². The molecule has 2 rings (SSSR count). The van der Waals surface area contributed by atoms with E-state index in [-0.39, 0.29) is 0 Å². The zero-order valence-corrected chi connectivity index (χ0v) is 8.68. The van der Waals surface area contributed by atoms with Gasteiger partial charge in [0.05, 0.1) is 0 Å². The zero-order chi connectivity index (χ0) is 11.2. The zero-order valence-electron chi connectivity index (χ0n) is 8.68. The molecule has 0 heterocycles. The van der Waals surface area contributed by atoms with Gasteiger partial charge in [-0.25, -0.2) is 0 Å². The van der Waals surface area contributed by atoms with Crippen LogP contribution in [0.5, 0.6) is 0 Å². The van der Waals surface area contributed by atoms with Crippen molar-refractivity contribution >= 4 is 6.29 Å². The number of carbonyl (C=O) groups is 1. The lowest BCUT2D eigenvalue weighted by Crippen LogP contribution is -1.81. The first-order valence-corrected chi connectivity index (χ1v) is 5.01. The predicted molar refractivity (Wildman–Crippen MR) is 64.3 cm³/mol. The van der Waals surface area contributed by atoms with Gasteiger partial charge >= 0.3 is 0 Å². The van der Waals surface area contributed by atoms with Gasteiger partial charge in [0.25, 0.3) is 0 Å². The molecule has 0 radical (unpaired) electrons. The number of hydrogen-bond donors (Lipinski definition) is 0. The second-order valence-corrected chi connectivity index (χ2v) is 3.36. The molecule has 2 aromatic rings. The number of rotatable bonds is 1. The van der Waals surface area contributed by atoms with Gasteiger partial charge in [-0.3, -0.25) is 4.79 Å². The van der Waals surface area contributed by atoms with Crippen LogP contribution in [0.25, 0.3) is 0 Å². The van der Waals surface area contributed by atoms with Crippen molar-refractivity contribution < 1.29 is 4.79 Å². The maximum Gasteiger partial charge on any atom is 0.150 e. The normalized spacial score (nSPS) is 9.00. The monoisotopic (exact) mass is 206 g/mol. The van der Waals surface area contributed by atoms with Gasteiger partial charge in [0, 0.05) is 16.7 Å². The molecule has 0 aromatic heterocycles. The standard InChI is InChI=1S/C15H10O/c16-12-15-8-4-7-14(11-15)10-9-13-5-2-1-3-6-13/h1-8,11-12H. The molecule has 0 saturated heterocycles. The number of benzene rings is 2. The van der Waals surface area contributed by atoms with Crippen molar-refractivity contribution in [1.82, 2.24) is 0 Å². The van der Waals surface area contributed by atoms with Gasteiger partial charge in [0.15, 0.2) is 0 Å². The third kappa shape index (κ3) is 2.59. The maximum absolute atomic E-state index is 10.6. The molecule has 0 saturated carbocycles. The fourth-order valence-electron chi connectivity index (χ4n) is 1.36. The summed E-state index contributed by atoms with van der Waals surface area (Å²) in [6.45, 7) is 0. The maximum atomic E-state index is 10.6. The van der Waals surface area contributed by atoms with Crippen molar-refractivity contribution in [2.24, 2.45) is 0 Å². The summed E-state index contributed by atoms with van der Waals surface area (Å²) in [4.78, 5) is 10.6. The summed E-state index contributed by atoms with van der Waals surface area (Å²) < 4.78 is 0. The van der Waals surface area contributed by atoms with Crippen molar-refractivity contribution in [3.05, 3.63) is 71.3 Å². The fourth-order valence-corrected chi connectivity index (χ4v) is 1.36. The minimum atomic E-state index is 0.653. The van der Waals surface area contributed by atoms with E-state index in [2.05, 4.69) is 11.8 Å². The largest absolute Gasteiger partial charge is 0.298 e. The molecule has 0 aliphatic heterocycles. The van der Waals surface area contributed by atoms with Gasteiger partial charge < -0.3 is 0 Å². The second kappa shape index (κ2) is 4.95. The Hall–Kier alpha value is -2.33. The minimum Gasteiger partial charge on any atom is -0.298 e. The Balaban J connectivity index is 2.27. The van der Waals surface area contributed by atoms with E-state index < -0.39 is 0 Å². The summed E-state index contributed by atoms with van der Waals surface area (Å²) in [5.74, 6) is 6.07. The minimum absolute atomic E-state index is 0.653. The molecular formula is C15H10O. The highest BCUT2D eigenvalue weighted by Gasteiger charge is 1.90. The van der Waals surface area contributed by atoms with Crippen LogP contribution in [-0.4, -0.2) is 6.29 Å². The first kappa shape index (κ1) is 10.2. The first-order valence-electron chi connectivity index (χ1n) is 5.01. The Morgan fingerprint density at radius 3 is 2.25 bits per heavy atom. The summed E-state index contributed by atoms with van der Waals surface area (Å²) in [5.41, 5.74) is 2.48. The summed E-state index contributed by atoms with van der Waals surface area (Å²) in [7, 11) is 0. The Labute approximate surface area is 94.7 Å². The lowest BCUT2D eigenvalue weighted by Gasteiger charge is -1.91. The van der Waals surface area contributed by atoms with Gasteiger partial charge in [-0.1, -0.05) is 42.2 Å². The molecule has 2 aromatic carbocycles. The highest BCUT2D eigenvalue weighted by atomic mass is 16.1. The van der Waals surface area contributed by atoms with Crippen LogP contribution in [0.4, 0.5) is 0 Å². The Kier molecular flexibility index (Phi) is 3.15. The van der Waals surface area contributed by atoms with Crippen LogP contribution in [0.2, 0.25) is 0 Å². The van der Waals surface area contributed by atoms with Crippen LogP contribution in [-0.2, 0) is 0 Å². The molecule has 0 amide bonds. The van der Waals surface area contributed by atoms with Gasteiger partial charge in [0.2, 0.25) is 0 Å². The van der Waals surface area contributed by atoms with E-state index in [9.17, 15) is 4.79 Å². The van der Waals surface area contributed by atoms with Crippen LogP contribution in [0.1, 0.15) is 21.5 Å². The Bertz CT molecular complexity index is 544. The molecule has 1 nitrogen and oxygen atoms in total. The van der Waals surface area contributed by atoms with Crippen LogP contribution < -0.4 is 0 Å². The average Bonchev–Trinajstić information content (AvgIpc) is 2.38. The van der Waals surface area contributed by atoms with Gasteiger partial charge in [-0.15, -0.1) is 0 Å². The highest BCUT2D eigenvalue weighted by Crippen LogP contribution is 2.02. The van der Waals surface area contributed by atoms with Crippen LogP contribution in [0.3, 0.4) is 0 Å². The SMILES string of the molecule is O=Cc1cccc(C#Cc2ccccc2)c1. The van der Waals surface area contributed by atoms with Crippen molar-refractivity contribution in [2.75, 3.05) is 0 Å². The topological polar surface area (TPSA) is 17.1 Å². The molecular weight excluding hydrogens is 196 g/mol.